The summed E-state index contributed by atoms with van der Waals surface area (Å²) in [7, 11) is 0. The molecule has 1 N–H and O–H groups in total. The van der Waals surface area contributed by atoms with Crippen LogP contribution < -0.4 is 5.32 Å². The molecule has 1 amide bonds. The van der Waals surface area contributed by atoms with Gasteiger partial charge in [-0.2, -0.15) is 0 Å². The molecule has 1 aromatic carbocycles. The minimum Gasteiger partial charge on any atom is -0.456 e. The molecule has 0 aliphatic heterocycles. The van der Waals surface area contributed by atoms with E-state index in [2.05, 4.69) is 17.4 Å². The van der Waals surface area contributed by atoms with Gasteiger partial charge >= 0.3 is 5.97 Å². The molecule has 4 atom stereocenters. The number of benzene rings is 1. The van der Waals surface area contributed by atoms with Crippen LogP contribution in [0.2, 0.25) is 0 Å². The van der Waals surface area contributed by atoms with Crippen LogP contribution in [-0.2, 0) is 20.7 Å². The average molecular weight is 341 g/mol. The highest BCUT2D eigenvalue weighted by Gasteiger charge is 2.40. The molecular weight excluding hydrogens is 314 g/mol. The first kappa shape index (κ1) is 16.6. The van der Waals surface area contributed by atoms with E-state index in [0.29, 0.717) is 18.3 Å². The molecule has 4 nitrogen and oxygen atoms in total. The van der Waals surface area contributed by atoms with Crippen molar-refractivity contribution < 1.29 is 14.3 Å². The van der Waals surface area contributed by atoms with Gasteiger partial charge in [0.25, 0.3) is 5.91 Å². The maximum Gasteiger partial charge on any atom is 0.306 e. The van der Waals surface area contributed by atoms with Crippen molar-refractivity contribution in [3.05, 3.63) is 35.4 Å². The number of esters is 1. The van der Waals surface area contributed by atoms with Gasteiger partial charge in [-0.15, -0.1) is 0 Å². The lowest BCUT2D eigenvalue weighted by Gasteiger charge is -2.26. The maximum absolute atomic E-state index is 12.2. The van der Waals surface area contributed by atoms with Crippen molar-refractivity contribution in [3.63, 3.8) is 0 Å². The molecule has 2 saturated carbocycles. The maximum atomic E-state index is 12.2. The van der Waals surface area contributed by atoms with E-state index in [1.165, 1.54) is 36.8 Å². The summed E-state index contributed by atoms with van der Waals surface area (Å²) in [4.78, 5) is 24.3. The molecule has 3 aliphatic carbocycles. The Kier molecular flexibility index (Phi) is 4.78. The van der Waals surface area contributed by atoms with E-state index in [4.69, 9.17) is 4.74 Å². The Balaban J connectivity index is 1.24. The molecule has 0 unspecified atom stereocenters. The van der Waals surface area contributed by atoms with Crippen molar-refractivity contribution in [1.82, 2.24) is 5.32 Å². The first-order valence-electron chi connectivity index (χ1n) is 9.72. The fraction of sp³-hybridized carbons (Fsp3) is 0.619. The minimum absolute atomic E-state index is 0.0433. The fourth-order valence-electron chi connectivity index (χ4n) is 5.19. The second-order valence-corrected chi connectivity index (χ2v) is 8.01. The fourth-order valence-corrected chi connectivity index (χ4v) is 5.19. The number of hydrogen-bond donors (Lipinski definition) is 1. The highest BCUT2D eigenvalue weighted by atomic mass is 16.5. The number of rotatable bonds is 5. The average Bonchev–Trinajstić information content (AvgIpc) is 3.23. The molecule has 134 valence electrons. The van der Waals surface area contributed by atoms with E-state index in [0.717, 1.165) is 25.2 Å². The van der Waals surface area contributed by atoms with Crippen LogP contribution in [0.25, 0.3) is 0 Å². The Bertz CT molecular complexity index is 656. The highest BCUT2D eigenvalue weighted by molar-refractivity contribution is 5.81. The van der Waals surface area contributed by atoms with Gasteiger partial charge in [0.15, 0.2) is 6.61 Å². The number of ether oxygens (including phenoxy) is 1. The van der Waals surface area contributed by atoms with Crippen molar-refractivity contribution in [1.29, 1.82) is 0 Å². The number of nitrogens with one attached hydrogen (secondary N) is 1. The Morgan fingerprint density at radius 3 is 2.80 bits per heavy atom. The summed E-state index contributed by atoms with van der Waals surface area (Å²) >= 11 is 0. The zero-order valence-corrected chi connectivity index (χ0v) is 14.7. The van der Waals surface area contributed by atoms with E-state index in [-0.39, 0.29) is 24.5 Å². The SMILES string of the molecule is O=C(COC(=O)C[C@H]1C[C@H]2CC[C@H]1C2)N[C@H]1CCCc2ccccc21. The van der Waals surface area contributed by atoms with Gasteiger partial charge in [-0.05, 0) is 67.4 Å². The number of hydrogen-bond acceptors (Lipinski definition) is 3. The first-order chi connectivity index (χ1) is 12.2. The smallest absolute Gasteiger partial charge is 0.306 e. The lowest BCUT2D eigenvalue weighted by Crippen LogP contribution is -2.34. The summed E-state index contributed by atoms with van der Waals surface area (Å²) in [6.07, 6.45) is 8.64. The van der Waals surface area contributed by atoms with Crippen LogP contribution in [0.4, 0.5) is 0 Å². The molecule has 2 fully saturated rings. The lowest BCUT2D eigenvalue weighted by molar-refractivity contribution is -0.150. The van der Waals surface area contributed by atoms with Gasteiger partial charge in [0.1, 0.15) is 0 Å². The number of amides is 1. The molecule has 0 heterocycles. The Morgan fingerprint density at radius 1 is 1.12 bits per heavy atom. The van der Waals surface area contributed by atoms with Crippen molar-refractivity contribution in [3.8, 4) is 0 Å². The number of aryl methyl sites for hydroxylation is 1. The highest BCUT2D eigenvalue weighted by Crippen LogP contribution is 2.49. The molecule has 0 spiro atoms. The molecule has 1 aromatic rings. The molecule has 25 heavy (non-hydrogen) atoms. The molecule has 2 bridgehead atoms. The van der Waals surface area contributed by atoms with Crippen LogP contribution in [0.5, 0.6) is 0 Å². The molecular formula is C21H27NO3. The summed E-state index contributed by atoms with van der Waals surface area (Å²) < 4.78 is 5.25. The normalized spacial score (nSPS) is 29.9. The van der Waals surface area contributed by atoms with Gasteiger partial charge in [-0.3, -0.25) is 9.59 Å². The van der Waals surface area contributed by atoms with Crippen LogP contribution in [0.15, 0.2) is 24.3 Å². The van der Waals surface area contributed by atoms with E-state index < -0.39 is 0 Å². The summed E-state index contributed by atoms with van der Waals surface area (Å²) in [5.74, 6) is 1.63. The number of fused-ring (bicyclic) bond motifs is 3. The zero-order valence-electron chi connectivity index (χ0n) is 14.7. The van der Waals surface area contributed by atoms with Crippen molar-refractivity contribution >= 4 is 11.9 Å². The molecule has 4 heteroatoms. The van der Waals surface area contributed by atoms with Gasteiger partial charge in [0.05, 0.1) is 6.04 Å². The third-order valence-corrected chi connectivity index (χ3v) is 6.38. The zero-order chi connectivity index (χ0) is 17.2. The van der Waals surface area contributed by atoms with Gasteiger partial charge in [-0.1, -0.05) is 30.7 Å². The summed E-state index contributed by atoms with van der Waals surface area (Å²) in [5.41, 5.74) is 2.52. The minimum atomic E-state index is -0.211. The van der Waals surface area contributed by atoms with Gasteiger partial charge in [0, 0.05) is 6.42 Å². The van der Waals surface area contributed by atoms with E-state index in [9.17, 15) is 9.59 Å². The third-order valence-electron chi connectivity index (χ3n) is 6.38. The standard InChI is InChI=1S/C21H27NO3/c23-20(22-19-7-3-5-15-4-1-2-6-18(15)19)13-25-21(24)12-17-11-14-8-9-16(17)10-14/h1-2,4,6,14,16-17,19H,3,5,7-13H2,(H,22,23)/t14-,16-,17+,19-/m0/s1. The molecule has 0 radical (unpaired) electrons. The Labute approximate surface area is 149 Å². The van der Waals surface area contributed by atoms with Crippen molar-refractivity contribution in [2.45, 2.75) is 57.4 Å². The van der Waals surface area contributed by atoms with E-state index in [1.807, 2.05) is 12.1 Å². The number of carbonyl (C=O) groups excluding carboxylic acids is 2. The topological polar surface area (TPSA) is 55.4 Å². The van der Waals surface area contributed by atoms with Crippen molar-refractivity contribution in [2.75, 3.05) is 6.61 Å². The number of carbonyl (C=O) groups is 2. The van der Waals surface area contributed by atoms with Crippen LogP contribution in [-0.4, -0.2) is 18.5 Å². The molecule has 0 saturated heterocycles. The summed E-state index contributed by atoms with van der Waals surface area (Å²) in [5, 5.41) is 3.03. The Hall–Kier alpha value is -1.84. The molecule has 0 aromatic heterocycles. The third kappa shape index (κ3) is 3.73. The van der Waals surface area contributed by atoms with Crippen LogP contribution in [0, 0.1) is 17.8 Å². The van der Waals surface area contributed by atoms with Crippen molar-refractivity contribution in [2.24, 2.45) is 17.8 Å². The summed E-state index contributed by atoms with van der Waals surface area (Å²) in [6, 6.07) is 8.31. The lowest BCUT2D eigenvalue weighted by atomic mass is 9.86. The monoisotopic (exact) mass is 341 g/mol. The van der Waals surface area contributed by atoms with Crippen LogP contribution in [0.1, 0.15) is 62.1 Å². The molecule has 4 rings (SSSR count). The van der Waals surface area contributed by atoms with E-state index >= 15 is 0 Å². The van der Waals surface area contributed by atoms with E-state index in [1.54, 1.807) is 0 Å². The molecule has 3 aliphatic rings. The Morgan fingerprint density at radius 2 is 2.00 bits per heavy atom. The second kappa shape index (κ2) is 7.19. The summed E-state index contributed by atoms with van der Waals surface area (Å²) in [6.45, 7) is -0.154. The van der Waals surface area contributed by atoms with Gasteiger partial charge < -0.3 is 10.1 Å². The van der Waals surface area contributed by atoms with Gasteiger partial charge in [-0.25, -0.2) is 0 Å². The van der Waals surface area contributed by atoms with Gasteiger partial charge in [0.2, 0.25) is 0 Å². The first-order valence-corrected chi connectivity index (χ1v) is 9.72. The quantitative estimate of drug-likeness (QED) is 0.833. The predicted molar refractivity (Wildman–Crippen MR) is 94.8 cm³/mol. The second-order valence-electron chi connectivity index (χ2n) is 8.01. The largest absolute Gasteiger partial charge is 0.456 e. The van der Waals surface area contributed by atoms with Crippen LogP contribution >= 0.6 is 0 Å². The van der Waals surface area contributed by atoms with Crippen LogP contribution in [0.3, 0.4) is 0 Å². The predicted octanol–water partition coefficient (Wildman–Crippen LogP) is 3.55.